The third-order valence-electron chi connectivity index (χ3n) is 4.12. The summed E-state index contributed by atoms with van der Waals surface area (Å²) in [5.41, 5.74) is 3.89. The van der Waals surface area contributed by atoms with Crippen LogP contribution in [0.4, 0.5) is 4.39 Å². The normalized spacial score (nSPS) is 13.6. The van der Waals surface area contributed by atoms with Crippen molar-refractivity contribution in [1.29, 1.82) is 0 Å². The van der Waals surface area contributed by atoms with Crippen molar-refractivity contribution >= 4 is 45.6 Å². The van der Waals surface area contributed by atoms with Gasteiger partial charge in [-0.1, -0.05) is 6.07 Å². The van der Waals surface area contributed by atoms with Gasteiger partial charge in [-0.15, -0.1) is 11.3 Å². The summed E-state index contributed by atoms with van der Waals surface area (Å²) in [6, 6.07) is 4.95. The number of Topliss-reactive ketones (excluding diaryl/α,β-unsaturated/α-hetero) is 1. The first-order chi connectivity index (χ1) is 12.5. The average Bonchev–Trinajstić information content (AvgIpc) is 2.97. The SMILES string of the molecule is O=C1CCCc2c1sc(Cc1ccc(I)cc1F)c2C(=O)NOCCO. The number of benzene rings is 1. The lowest BCUT2D eigenvalue weighted by Gasteiger charge is -2.12. The number of aliphatic hydroxyl groups excluding tert-OH is 1. The minimum atomic E-state index is -0.466. The van der Waals surface area contributed by atoms with Gasteiger partial charge in [0.05, 0.1) is 23.7 Å². The number of hydrogen-bond donors (Lipinski definition) is 2. The maximum Gasteiger partial charge on any atom is 0.276 e. The van der Waals surface area contributed by atoms with E-state index in [1.807, 2.05) is 28.7 Å². The Balaban J connectivity index is 1.97. The molecule has 0 saturated heterocycles. The molecule has 0 fully saturated rings. The Labute approximate surface area is 167 Å². The first-order valence-electron chi connectivity index (χ1n) is 8.16. The van der Waals surface area contributed by atoms with Crippen molar-refractivity contribution in [2.45, 2.75) is 25.7 Å². The monoisotopic (exact) mass is 489 g/mol. The highest BCUT2D eigenvalue weighted by molar-refractivity contribution is 14.1. The number of fused-ring (bicyclic) bond motifs is 1. The minimum Gasteiger partial charge on any atom is -0.394 e. The molecule has 1 aliphatic carbocycles. The van der Waals surface area contributed by atoms with E-state index in [0.29, 0.717) is 40.1 Å². The number of ketones is 1. The molecule has 1 aromatic carbocycles. The predicted molar refractivity (Wildman–Crippen MR) is 104 cm³/mol. The fraction of sp³-hybridized carbons (Fsp3) is 0.333. The molecule has 1 aromatic heterocycles. The van der Waals surface area contributed by atoms with Gasteiger partial charge in [0, 0.05) is 21.3 Å². The Morgan fingerprint density at radius 3 is 2.92 bits per heavy atom. The van der Waals surface area contributed by atoms with Gasteiger partial charge in [-0.2, -0.15) is 0 Å². The van der Waals surface area contributed by atoms with Crippen molar-refractivity contribution in [2.75, 3.05) is 13.2 Å². The van der Waals surface area contributed by atoms with Gasteiger partial charge in [0.1, 0.15) is 5.82 Å². The van der Waals surface area contributed by atoms with Crippen molar-refractivity contribution in [3.8, 4) is 0 Å². The van der Waals surface area contributed by atoms with E-state index >= 15 is 0 Å². The average molecular weight is 489 g/mol. The molecule has 0 unspecified atom stereocenters. The summed E-state index contributed by atoms with van der Waals surface area (Å²) < 4.78 is 15.0. The first kappa shape index (κ1) is 19.4. The van der Waals surface area contributed by atoms with E-state index in [9.17, 15) is 14.0 Å². The Morgan fingerprint density at radius 2 is 2.19 bits per heavy atom. The number of rotatable bonds is 6. The summed E-state index contributed by atoms with van der Waals surface area (Å²) in [4.78, 5) is 31.0. The summed E-state index contributed by atoms with van der Waals surface area (Å²) >= 11 is 3.30. The number of hydrogen-bond acceptors (Lipinski definition) is 5. The Bertz CT molecular complexity index is 852. The molecule has 138 valence electrons. The van der Waals surface area contributed by atoms with Crippen LogP contribution in [0.3, 0.4) is 0 Å². The number of carbonyl (C=O) groups is 2. The van der Waals surface area contributed by atoms with Crippen LogP contribution in [0, 0.1) is 9.39 Å². The molecule has 0 bridgehead atoms. The van der Waals surface area contributed by atoms with Gasteiger partial charge in [-0.3, -0.25) is 14.4 Å². The lowest BCUT2D eigenvalue weighted by atomic mass is 9.93. The zero-order chi connectivity index (χ0) is 18.7. The molecule has 2 N–H and O–H groups in total. The zero-order valence-corrected chi connectivity index (χ0v) is 16.8. The molecule has 2 aromatic rings. The van der Waals surface area contributed by atoms with E-state index in [1.54, 1.807) is 6.07 Å². The fourth-order valence-electron chi connectivity index (χ4n) is 2.96. The Morgan fingerprint density at radius 1 is 1.38 bits per heavy atom. The molecule has 0 aliphatic heterocycles. The van der Waals surface area contributed by atoms with Gasteiger partial charge in [-0.05, 0) is 58.7 Å². The predicted octanol–water partition coefficient (Wildman–Crippen LogP) is 3.26. The lowest BCUT2D eigenvalue weighted by molar-refractivity contribution is 0.0167. The van der Waals surface area contributed by atoms with Crippen LogP contribution in [0.1, 0.15) is 48.9 Å². The molecular weight excluding hydrogens is 472 g/mol. The lowest BCUT2D eigenvalue weighted by Crippen LogP contribution is -2.27. The third-order valence-corrected chi connectivity index (χ3v) is 6.06. The van der Waals surface area contributed by atoms with Gasteiger partial charge in [0.2, 0.25) is 0 Å². The second kappa shape index (κ2) is 8.55. The molecule has 1 amide bonds. The first-order valence-corrected chi connectivity index (χ1v) is 10.1. The molecular formula is C18H17FINO4S. The highest BCUT2D eigenvalue weighted by Crippen LogP contribution is 2.36. The summed E-state index contributed by atoms with van der Waals surface area (Å²) in [5, 5.41) is 8.78. The summed E-state index contributed by atoms with van der Waals surface area (Å²) in [6.07, 6.45) is 2.02. The van der Waals surface area contributed by atoms with Gasteiger partial charge in [0.25, 0.3) is 5.91 Å². The molecule has 0 saturated carbocycles. The molecule has 0 atom stereocenters. The van der Waals surface area contributed by atoms with Crippen molar-refractivity contribution in [3.63, 3.8) is 0 Å². The Hall–Kier alpha value is -1.36. The van der Waals surface area contributed by atoms with Crippen LogP contribution in [0.15, 0.2) is 18.2 Å². The molecule has 8 heteroatoms. The van der Waals surface area contributed by atoms with Crippen molar-refractivity contribution in [1.82, 2.24) is 5.48 Å². The van der Waals surface area contributed by atoms with E-state index in [1.165, 1.54) is 17.4 Å². The highest BCUT2D eigenvalue weighted by atomic mass is 127. The van der Waals surface area contributed by atoms with Crippen LogP contribution in [0.25, 0.3) is 0 Å². The number of halogens is 2. The van der Waals surface area contributed by atoms with Crippen LogP contribution >= 0.6 is 33.9 Å². The smallest absolute Gasteiger partial charge is 0.276 e. The van der Waals surface area contributed by atoms with Crippen molar-refractivity contribution in [3.05, 3.63) is 54.0 Å². The van der Waals surface area contributed by atoms with Crippen LogP contribution < -0.4 is 5.48 Å². The van der Waals surface area contributed by atoms with Gasteiger partial charge >= 0.3 is 0 Å². The number of nitrogens with one attached hydrogen (secondary N) is 1. The summed E-state index contributed by atoms with van der Waals surface area (Å²) in [6.45, 7) is -0.251. The summed E-state index contributed by atoms with van der Waals surface area (Å²) in [7, 11) is 0. The number of hydroxylamine groups is 1. The molecule has 1 aliphatic rings. The van der Waals surface area contributed by atoms with Crippen LogP contribution in [-0.2, 0) is 17.7 Å². The molecule has 26 heavy (non-hydrogen) atoms. The van der Waals surface area contributed by atoms with Gasteiger partial charge < -0.3 is 5.11 Å². The van der Waals surface area contributed by atoms with Gasteiger partial charge in [0.15, 0.2) is 5.78 Å². The standard InChI is InChI=1S/C18H17FINO4S/c19-13-9-11(20)5-4-10(13)8-15-16(18(24)21-25-7-6-22)12-2-1-3-14(23)17(12)26-15/h4-5,9,22H,1-3,6-8H2,(H,21,24). The van der Waals surface area contributed by atoms with Crippen LogP contribution in [0.2, 0.25) is 0 Å². The van der Waals surface area contributed by atoms with E-state index in [2.05, 4.69) is 5.48 Å². The number of aliphatic hydroxyl groups is 1. The second-order valence-corrected chi connectivity index (χ2v) is 8.25. The topological polar surface area (TPSA) is 75.6 Å². The van der Waals surface area contributed by atoms with Crippen LogP contribution in [-0.4, -0.2) is 30.0 Å². The number of amides is 1. The summed E-state index contributed by atoms with van der Waals surface area (Å²) in [5.74, 6) is -0.778. The van der Waals surface area contributed by atoms with E-state index < -0.39 is 5.91 Å². The maximum atomic E-state index is 14.3. The molecule has 0 radical (unpaired) electrons. The van der Waals surface area contributed by atoms with E-state index in [4.69, 9.17) is 9.94 Å². The molecule has 0 spiro atoms. The zero-order valence-electron chi connectivity index (χ0n) is 13.8. The second-order valence-electron chi connectivity index (χ2n) is 5.90. The van der Waals surface area contributed by atoms with Crippen LogP contribution in [0.5, 0.6) is 0 Å². The highest BCUT2D eigenvalue weighted by Gasteiger charge is 2.29. The molecule has 5 nitrogen and oxygen atoms in total. The van der Waals surface area contributed by atoms with E-state index in [-0.39, 0.29) is 31.2 Å². The van der Waals surface area contributed by atoms with Gasteiger partial charge in [-0.25, -0.2) is 9.87 Å². The molecule has 3 rings (SSSR count). The molecule has 1 heterocycles. The van der Waals surface area contributed by atoms with Crippen molar-refractivity contribution in [2.24, 2.45) is 0 Å². The number of thiophene rings is 1. The number of carbonyl (C=O) groups excluding carboxylic acids is 2. The maximum absolute atomic E-state index is 14.3. The van der Waals surface area contributed by atoms with E-state index in [0.717, 1.165) is 9.13 Å². The quantitative estimate of drug-likeness (QED) is 0.371. The fourth-order valence-corrected chi connectivity index (χ4v) is 4.75. The largest absolute Gasteiger partial charge is 0.394 e. The Kier molecular flexibility index (Phi) is 6.38. The minimum absolute atomic E-state index is 0.0240. The third kappa shape index (κ3) is 4.13. The van der Waals surface area contributed by atoms with Crippen molar-refractivity contribution < 1.29 is 23.9 Å².